The van der Waals surface area contributed by atoms with Crippen LogP contribution in [0.2, 0.25) is 0 Å². The van der Waals surface area contributed by atoms with Crippen molar-refractivity contribution in [3.8, 4) is 11.8 Å². The second-order valence-electron chi connectivity index (χ2n) is 7.50. The van der Waals surface area contributed by atoms with Crippen molar-refractivity contribution in [2.24, 2.45) is 0 Å². The molecular weight excluding hydrogens is 416 g/mol. The maximum Gasteiger partial charge on any atom is 0.321 e. The lowest BCUT2D eigenvalue weighted by Gasteiger charge is -2.22. The summed E-state index contributed by atoms with van der Waals surface area (Å²) in [6, 6.07) is 12.7. The van der Waals surface area contributed by atoms with E-state index < -0.39 is 16.3 Å². The Morgan fingerprint density at radius 1 is 1.13 bits per heavy atom. The van der Waals surface area contributed by atoms with Gasteiger partial charge < -0.3 is 15.2 Å². The summed E-state index contributed by atoms with van der Waals surface area (Å²) >= 11 is 0. The van der Waals surface area contributed by atoms with Gasteiger partial charge in [-0.25, -0.2) is 18.4 Å². The molecule has 9 heteroatoms. The van der Waals surface area contributed by atoms with Crippen LogP contribution in [0.1, 0.15) is 29.3 Å². The number of aliphatic hydroxyl groups excluding tert-OH is 1. The molecule has 1 atom stereocenters. The smallest absolute Gasteiger partial charge is 0.321 e. The molecule has 0 saturated carbocycles. The first-order valence-corrected chi connectivity index (χ1v) is 11.5. The Labute approximate surface area is 181 Å². The molecule has 2 N–H and O–H groups in total. The Bertz CT molecular complexity index is 1190. The molecule has 2 aromatic carbocycles. The van der Waals surface area contributed by atoms with Crippen molar-refractivity contribution < 1.29 is 18.3 Å². The van der Waals surface area contributed by atoms with Crippen LogP contribution in [-0.4, -0.2) is 35.8 Å². The predicted octanol–water partition coefficient (Wildman–Crippen LogP) is 3.53. The minimum Gasteiger partial charge on any atom is -0.424 e. The molecule has 4 rings (SSSR count). The second-order valence-corrected chi connectivity index (χ2v) is 9.51. The Morgan fingerprint density at radius 3 is 2.61 bits per heavy atom. The quantitative estimate of drug-likeness (QED) is 0.565. The van der Waals surface area contributed by atoms with Crippen LogP contribution in [0, 0.1) is 13.8 Å². The molecule has 1 aliphatic rings. The molecule has 8 nitrogen and oxygen atoms in total. The minimum atomic E-state index is -3.29. The van der Waals surface area contributed by atoms with E-state index in [4.69, 9.17) is 4.74 Å². The summed E-state index contributed by atoms with van der Waals surface area (Å²) in [7, 11) is -3.29. The molecule has 1 aromatic heterocycles. The van der Waals surface area contributed by atoms with Crippen LogP contribution < -0.4 is 14.4 Å². The van der Waals surface area contributed by atoms with Crippen molar-refractivity contribution in [2.75, 3.05) is 21.9 Å². The molecule has 0 aliphatic carbocycles. The lowest BCUT2D eigenvalue weighted by Crippen LogP contribution is -2.25. The summed E-state index contributed by atoms with van der Waals surface area (Å²) in [4.78, 5) is 8.11. The molecule has 1 saturated heterocycles. The van der Waals surface area contributed by atoms with E-state index in [-0.39, 0.29) is 11.8 Å². The third-order valence-electron chi connectivity index (χ3n) is 5.05. The topological polar surface area (TPSA) is 105 Å². The highest BCUT2D eigenvalue weighted by Gasteiger charge is 2.29. The van der Waals surface area contributed by atoms with Crippen LogP contribution in [0.3, 0.4) is 0 Å². The summed E-state index contributed by atoms with van der Waals surface area (Å²) in [5.41, 5.74) is 3.60. The second kappa shape index (κ2) is 8.52. The lowest BCUT2D eigenvalue weighted by molar-refractivity contribution is 0.207. The number of rotatable bonds is 6. The van der Waals surface area contributed by atoms with Gasteiger partial charge in [0.1, 0.15) is 5.75 Å². The zero-order valence-electron chi connectivity index (χ0n) is 17.3. The molecule has 0 spiro atoms. The number of sulfonamides is 1. The predicted molar refractivity (Wildman–Crippen MR) is 119 cm³/mol. The average Bonchev–Trinajstić information content (AvgIpc) is 3.07. The van der Waals surface area contributed by atoms with Crippen molar-refractivity contribution in [2.45, 2.75) is 26.5 Å². The summed E-state index contributed by atoms with van der Waals surface area (Å²) in [5, 5.41) is 14.0. The van der Waals surface area contributed by atoms with E-state index in [2.05, 4.69) is 15.3 Å². The van der Waals surface area contributed by atoms with E-state index in [1.54, 1.807) is 36.7 Å². The van der Waals surface area contributed by atoms with Gasteiger partial charge in [0, 0.05) is 36.3 Å². The van der Waals surface area contributed by atoms with E-state index in [0.717, 1.165) is 11.1 Å². The zero-order valence-corrected chi connectivity index (χ0v) is 18.1. The van der Waals surface area contributed by atoms with Gasteiger partial charge in [-0.15, -0.1) is 0 Å². The Hall–Kier alpha value is -3.17. The summed E-state index contributed by atoms with van der Waals surface area (Å²) in [6.45, 7) is 4.24. The van der Waals surface area contributed by atoms with Gasteiger partial charge in [0.2, 0.25) is 10.0 Å². The van der Waals surface area contributed by atoms with Gasteiger partial charge in [0.05, 0.1) is 11.4 Å². The molecule has 0 radical (unpaired) electrons. The molecular formula is C22H24N4O4S. The highest BCUT2D eigenvalue weighted by Crippen LogP contribution is 2.31. The monoisotopic (exact) mass is 440 g/mol. The number of nitrogens with one attached hydrogen (secondary N) is 1. The summed E-state index contributed by atoms with van der Waals surface area (Å²) in [6.07, 6.45) is 2.76. The number of benzene rings is 2. The van der Waals surface area contributed by atoms with Crippen LogP contribution in [0.25, 0.3) is 0 Å². The van der Waals surface area contributed by atoms with Crippen molar-refractivity contribution in [3.63, 3.8) is 0 Å². The van der Waals surface area contributed by atoms with Crippen LogP contribution in [0.15, 0.2) is 54.9 Å². The number of aliphatic hydroxyl groups is 1. The normalized spacial score (nSPS) is 16.2. The molecule has 0 bridgehead atoms. The maximum atomic E-state index is 12.3. The SMILES string of the molecule is Cc1cc(NC(O)c2cc(N3CCCS3(=O)=O)ccc2C)cc(Oc2ncccn2)c1. The largest absolute Gasteiger partial charge is 0.424 e. The third-order valence-corrected chi connectivity index (χ3v) is 6.92. The Morgan fingerprint density at radius 2 is 1.90 bits per heavy atom. The fraction of sp³-hybridized carbons (Fsp3) is 0.273. The minimum absolute atomic E-state index is 0.147. The Kier molecular flexibility index (Phi) is 5.79. The molecule has 2 heterocycles. The Balaban J connectivity index is 1.57. The highest BCUT2D eigenvalue weighted by atomic mass is 32.2. The molecule has 1 unspecified atom stereocenters. The molecule has 31 heavy (non-hydrogen) atoms. The zero-order chi connectivity index (χ0) is 22.0. The third kappa shape index (κ3) is 4.78. The number of aromatic nitrogens is 2. The van der Waals surface area contributed by atoms with Crippen molar-refractivity contribution in [1.29, 1.82) is 0 Å². The van der Waals surface area contributed by atoms with Crippen LogP contribution in [0.5, 0.6) is 11.8 Å². The lowest BCUT2D eigenvalue weighted by atomic mass is 10.1. The first kappa shape index (κ1) is 21.1. The van der Waals surface area contributed by atoms with Crippen molar-refractivity contribution in [1.82, 2.24) is 9.97 Å². The van der Waals surface area contributed by atoms with Crippen molar-refractivity contribution >= 4 is 21.4 Å². The van der Waals surface area contributed by atoms with Gasteiger partial charge in [-0.3, -0.25) is 4.31 Å². The maximum absolute atomic E-state index is 12.3. The number of ether oxygens (including phenoxy) is 1. The molecule has 1 fully saturated rings. The molecule has 3 aromatic rings. The van der Waals surface area contributed by atoms with E-state index in [9.17, 15) is 13.5 Å². The standard InChI is InChI=1S/C22H24N4O4S/c1-15-11-17(13-19(12-15)30-22-23-7-3-8-24-22)25-21(27)20-14-18(6-5-16(20)2)26-9-4-10-31(26,28)29/h3,5-8,11-14,21,25,27H,4,9-10H2,1-2H3. The van der Waals surface area contributed by atoms with Crippen molar-refractivity contribution in [3.05, 3.63) is 71.5 Å². The number of anilines is 2. The van der Waals surface area contributed by atoms with Gasteiger partial charge in [0.15, 0.2) is 6.23 Å². The van der Waals surface area contributed by atoms with Gasteiger partial charge in [-0.1, -0.05) is 6.07 Å². The fourth-order valence-electron chi connectivity index (χ4n) is 3.58. The number of nitrogens with zero attached hydrogens (tertiary/aromatic N) is 3. The number of aryl methyl sites for hydroxylation is 2. The molecule has 1 aliphatic heterocycles. The van der Waals surface area contributed by atoms with Crippen LogP contribution in [-0.2, 0) is 10.0 Å². The first-order valence-electron chi connectivity index (χ1n) is 9.94. The number of hydrogen-bond acceptors (Lipinski definition) is 7. The fourth-order valence-corrected chi connectivity index (χ4v) is 5.13. The van der Waals surface area contributed by atoms with Gasteiger partial charge in [-0.05, 0) is 61.7 Å². The average molecular weight is 441 g/mol. The van der Waals surface area contributed by atoms with Crippen LogP contribution >= 0.6 is 0 Å². The van der Waals surface area contributed by atoms with Gasteiger partial charge in [0.25, 0.3) is 0 Å². The number of hydrogen-bond donors (Lipinski definition) is 2. The van der Waals surface area contributed by atoms with Crippen LogP contribution in [0.4, 0.5) is 11.4 Å². The van der Waals surface area contributed by atoms with E-state index in [0.29, 0.717) is 35.7 Å². The van der Waals surface area contributed by atoms with E-state index in [1.165, 1.54) is 4.31 Å². The first-order chi connectivity index (χ1) is 14.8. The summed E-state index contributed by atoms with van der Waals surface area (Å²) in [5.74, 6) is 0.684. The molecule has 0 amide bonds. The highest BCUT2D eigenvalue weighted by molar-refractivity contribution is 7.93. The van der Waals surface area contributed by atoms with E-state index >= 15 is 0 Å². The van der Waals surface area contributed by atoms with Gasteiger partial charge >= 0.3 is 6.01 Å². The van der Waals surface area contributed by atoms with E-state index in [1.807, 2.05) is 32.0 Å². The molecule has 162 valence electrons. The summed E-state index contributed by atoms with van der Waals surface area (Å²) < 4.78 is 31.6. The van der Waals surface area contributed by atoms with Gasteiger partial charge in [-0.2, -0.15) is 0 Å².